The molecular formula is C43H50N12O6. The van der Waals surface area contributed by atoms with E-state index in [0.717, 1.165) is 100 Å². The molecule has 6 fully saturated rings. The fourth-order valence-corrected chi connectivity index (χ4v) is 10.4. The predicted octanol–water partition coefficient (Wildman–Crippen LogP) is 1.56. The minimum Gasteiger partial charge on any atom is -0.371 e. The number of urea groups is 1. The maximum Gasteiger partial charge on any atom is 0.320 e. The Morgan fingerprint density at radius 3 is 2.26 bits per heavy atom. The van der Waals surface area contributed by atoms with Crippen LogP contribution in [0.25, 0.3) is 0 Å². The fraction of sp³-hybridized carbons (Fsp3) is 0.488. The van der Waals surface area contributed by atoms with Gasteiger partial charge in [0.1, 0.15) is 11.9 Å². The minimum atomic E-state index is -0.971. The number of aromatic nitrogens is 2. The SMILES string of the molecule is CN1CCN([C@@H]2CCCN(c3cnc(C(N)=O)c(Nc4ccc(N5CCN(CC6[C@H]7CN(c8ccc9c(c8)C(=O)N(C8CCC(=O)NC8=O)C9=O)C[C@@H]67)CC5)cc4)n3)C2)C1=O. The van der Waals surface area contributed by atoms with Crippen LogP contribution in [-0.4, -0.2) is 156 Å². The van der Waals surface area contributed by atoms with Crippen LogP contribution in [0, 0.1) is 17.8 Å². The van der Waals surface area contributed by atoms with Crippen molar-refractivity contribution in [1.82, 2.24) is 34.9 Å². The van der Waals surface area contributed by atoms with Crippen LogP contribution in [-0.2, 0) is 9.59 Å². The molecule has 1 aromatic heterocycles. The summed E-state index contributed by atoms with van der Waals surface area (Å²) >= 11 is 0. The number of fused-ring (bicyclic) bond motifs is 2. The van der Waals surface area contributed by atoms with Crippen molar-refractivity contribution < 1.29 is 28.8 Å². The Kier molecular flexibility index (Phi) is 9.76. The molecule has 61 heavy (non-hydrogen) atoms. The summed E-state index contributed by atoms with van der Waals surface area (Å²) in [6.45, 7) is 9.50. The molecule has 7 amide bonds. The van der Waals surface area contributed by atoms with Crippen LogP contribution in [0.15, 0.2) is 48.7 Å². The number of rotatable bonds is 10. The van der Waals surface area contributed by atoms with E-state index < -0.39 is 35.6 Å². The highest BCUT2D eigenvalue weighted by Crippen LogP contribution is 2.53. The normalized spacial score (nSPS) is 26.6. The number of carbonyl (C=O) groups is 6. The molecule has 3 aromatic rings. The Bertz CT molecular complexity index is 2300. The van der Waals surface area contributed by atoms with Crippen molar-refractivity contribution in [2.45, 2.75) is 37.8 Å². The summed E-state index contributed by atoms with van der Waals surface area (Å²) in [6.07, 6.45) is 3.67. The third kappa shape index (κ3) is 7.15. The molecule has 5 atom stereocenters. The van der Waals surface area contributed by atoms with Gasteiger partial charge in [-0.05, 0) is 79.5 Å². The third-order valence-electron chi connectivity index (χ3n) is 13.9. The Hall–Kier alpha value is -6.30. The number of primary amides is 1. The monoisotopic (exact) mass is 830 g/mol. The first kappa shape index (κ1) is 38.9. The van der Waals surface area contributed by atoms with E-state index in [1.165, 1.54) is 0 Å². The van der Waals surface area contributed by atoms with Crippen molar-refractivity contribution in [3.05, 3.63) is 65.5 Å². The smallest absolute Gasteiger partial charge is 0.320 e. The Balaban J connectivity index is 0.707. The molecule has 1 aliphatic carbocycles. The van der Waals surface area contributed by atoms with Crippen molar-refractivity contribution in [1.29, 1.82) is 0 Å². The van der Waals surface area contributed by atoms with Gasteiger partial charge in [0.15, 0.2) is 11.5 Å². The zero-order chi connectivity index (χ0) is 42.1. The van der Waals surface area contributed by atoms with Gasteiger partial charge < -0.3 is 35.6 Å². The number of nitrogens with zero attached hydrogens (tertiary/aromatic N) is 9. The quantitative estimate of drug-likeness (QED) is 0.249. The molecule has 2 aromatic carbocycles. The highest BCUT2D eigenvalue weighted by Gasteiger charge is 2.56. The van der Waals surface area contributed by atoms with Gasteiger partial charge in [0.05, 0.1) is 23.4 Å². The van der Waals surface area contributed by atoms with E-state index in [4.69, 9.17) is 10.7 Å². The van der Waals surface area contributed by atoms with E-state index in [0.29, 0.717) is 47.1 Å². The van der Waals surface area contributed by atoms with Gasteiger partial charge >= 0.3 is 6.03 Å². The molecule has 10 rings (SSSR count). The van der Waals surface area contributed by atoms with Gasteiger partial charge in [0.25, 0.3) is 17.7 Å². The Morgan fingerprint density at radius 2 is 1.56 bits per heavy atom. The standard InChI is InChI=1S/C43H50N12O6/c1-49-13-18-54(43(49)61)28-3-2-12-52(21-28)35-20-45-37(38(44)57)39(47-35)46-25-4-6-26(7-5-25)51-16-14-50(15-17-51)22-31-32-23-53(24-33(31)32)27-8-9-29-30(19-27)42(60)55(41(29)59)34-10-11-36(56)48-40(34)58/h4-9,19-20,28,31-34H,2-3,10-18,21-24H2,1H3,(H2,44,57)(H,46,47)(H,48,56,58)/t28-,31?,32-,33+,34?/m1/s1. The Labute approximate surface area is 353 Å². The van der Waals surface area contributed by atoms with Gasteiger partial charge in [0.2, 0.25) is 11.8 Å². The number of imide groups is 2. The molecule has 4 N–H and O–H groups in total. The second kappa shape index (κ2) is 15.3. The fourth-order valence-electron chi connectivity index (χ4n) is 10.4. The van der Waals surface area contributed by atoms with Gasteiger partial charge in [-0.1, -0.05) is 0 Å². The number of carbonyl (C=O) groups excluding carboxylic acids is 6. The number of piperidine rings is 3. The van der Waals surface area contributed by atoms with E-state index in [1.54, 1.807) is 23.2 Å². The van der Waals surface area contributed by atoms with E-state index in [2.05, 4.69) is 47.3 Å². The second-order valence-electron chi connectivity index (χ2n) is 17.5. The molecule has 318 valence electrons. The zero-order valence-electron chi connectivity index (χ0n) is 34.2. The maximum atomic E-state index is 13.4. The summed E-state index contributed by atoms with van der Waals surface area (Å²) in [7, 11) is 1.83. The molecule has 2 unspecified atom stereocenters. The molecule has 0 bridgehead atoms. The summed E-state index contributed by atoms with van der Waals surface area (Å²) in [4.78, 5) is 99.0. The number of hydrogen-bond donors (Lipinski definition) is 3. The summed E-state index contributed by atoms with van der Waals surface area (Å²) < 4.78 is 0. The lowest BCUT2D eigenvalue weighted by Gasteiger charge is -2.37. The van der Waals surface area contributed by atoms with Crippen molar-refractivity contribution >= 4 is 64.3 Å². The average molecular weight is 831 g/mol. The van der Waals surface area contributed by atoms with E-state index >= 15 is 0 Å². The van der Waals surface area contributed by atoms with Crippen LogP contribution >= 0.6 is 0 Å². The molecule has 0 spiro atoms. The van der Waals surface area contributed by atoms with Gasteiger partial charge in [0, 0.05) is 103 Å². The first-order chi connectivity index (χ1) is 29.5. The number of hydrogen-bond acceptors (Lipinski definition) is 13. The largest absolute Gasteiger partial charge is 0.371 e. The first-order valence-electron chi connectivity index (χ1n) is 21.4. The van der Waals surface area contributed by atoms with Crippen molar-refractivity contribution in [3.8, 4) is 0 Å². The number of anilines is 5. The molecular weight excluding hydrogens is 781 g/mol. The molecule has 7 heterocycles. The van der Waals surface area contributed by atoms with Crippen molar-refractivity contribution in [3.63, 3.8) is 0 Å². The highest BCUT2D eigenvalue weighted by molar-refractivity contribution is 6.23. The van der Waals surface area contributed by atoms with E-state index in [9.17, 15) is 28.8 Å². The van der Waals surface area contributed by atoms with Crippen LogP contribution in [0.4, 0.5) is 33.5 Å². The highest BCUT2D eigenvalue weighted by atomic mass is 16.2. The van der Waals surface area contributed by atoms with Crippen LogP contribution in [0.5, 0.6) is 0 Å². The number of amides is 7. The Morgan fingerprint density at radius 1 is 0.820 bits per heavy atom. The van der Waals surface area contributed by atoms with E-state index in [1.807, 2.05) is 30.1 Å². The summed E-state index contributed by atoms with van der Waals surface area (Å²) in [5.41, 5.74) is 9.20. The zero-order valence-corrected chi connectivity index (χ0v) is 34.2. The predicted molar refractivity (Wildman–Crippen MR) is 225 cm³/mol. The minimum absolute atomic E-state index is 0.0594. The van der Waals surface area contributed by atoms with Crippen molar-refractivity contribution in [2.75, 3.05) is 99.1 Å². The molecule has 7 aliphatic rings. The van der Waals surface area contributed by atoms with Crippen molar-refractivity contribution in [2.24, 2.45) is 23.5 Å². The topological polar surface area (TPSA) is 201 Å². The van der Waals surface area contributed by atoms with Crippen LogP contribution in [0.1, 0.15) is 56.9 Å². The number of nitrogens with one attached hydrogen (secondary N) is 2. The maximum absolute atomic E-state index is 13.4. The lowest BCUT2D eigenvalue weighted by Crippen LogP contribution is -2.54. The van der Waals surface area contributed by atoms with Gasteiger partial charge in [-0.25, -0.2) is 14.8 Å². The molecule has 0 radical (unpaired) electrons. The van der Waals surface area contributed by atoms with Gasteiger partial charge in [-0.2, -0.15) is 0 Å². The van der Waals surface area contributed by atoms with Gasteiger partial charge in [-0.3, -0.25) is 39.1 Å². The van der Waals surface area contributed by atoms with Crippen LogP contribution in [0.2, 0.25) is 0 Å². The summed E-state index contributed by atoms with van der Waals surface area (Å²) in [5, 5.41) is 5.54. The first-order valence-corrected chi connectivity index (χ1v) is 21.4. The van der Waals surface area contributed by atoms with Crippen LogP contribution < -0.4 is 31.1 Å². The average Bonchev–Trinajstić information content (AvgIpc) is 3.50. The summed E-state index contributed by atoms with van der Waals surface area (Å²) in [6, 6.07) is 12.7. The number of nitrogens with two attached hydrogens (primary N) is 1. The molecule has 5 saturated heterocycles. The van der Waals surface area contributed by atoms with Gasteiger partial charge in [-0.15, -0.1) is 0 Å². The van der Waals surface area contributed by atoms with E-state index in [-0.39, 0.29) is 30.6 Å². The lowest BCUT2D eigenvalue weighted by atomic mass is 10.0. The lowest BCUT2D eigenvalue weighted by molar-refractivity contribution is -0.136. The number of benzene rings is 2. The molecule has 18 heteroatoms. The molecule has 1 saturated carbocycles. The molecule has 6 aliphatic heterocycles. The number of piperazine rings is 1. The second-order valence-corrected chi connectivity index (χ2v) is 17.5. The van der Waals surface area contributed by atoms with Crippen LogP contribution in [0.3, 0.4) is 0 Å². The summed E-state index contributed by atoms with van der Waals surface area (Å²) in [5.74, 6) is 0.121. The number of likely N-dealkylation sites (N-methyl/N-ethyl adjacent to an activating group) is 1. The third-order valence-corrected chi connectivity index (χ3v) is 13.9. The molecule has 18 nitrogen and oxygen atoms in total.